The summed E-state index contributed by atoms with van der Waals surface area (Å²) in [6, 6.07) is 0. The monoisotopic (exact) mass is 136 g/mol. The van der Waals surface area contributed by atoms with E-state index in [-0.39, 0.29) is 0 Å². The molecule has 0 aromatic rings. The summed E-state index contributed by atoms with van der Waals surface area (Å²) in [4.78, 5) is 0. The first-order valence-corrected chi connectivity index (χ1v) is 4.86. The maximum atomic E-state index is 2.48. The van der Waals surface area contributed by atoms with Crippen LogP contribution in [0.2, 0.25) is 0 Å². The number of hydrogen-bond donors (Lipinski definition) is 0. The predicted molar refractivity (Wildman–Crippen MR) is 41.6 cm³/mol. The van der Waals surface area contributed by atoms with Gasteiger partial charge >= 0.3 is 0 Å². The molecule has 3 rings (SSSR count). The zero-order chi connectivity index (χ0) is 6.72. The first-order chi connectivity index (χ1) is 4.86. The highest BCUT2D eigenvalue weighted by atomic mass is 14.7. The van der Waals surface area contributed by atoms with Crippen LogP contribution in [0.15, 0.2) is 0 Å². The van der Waals surface area contributed by atoms with Gasteiger partial charge in [-0.15, -0.1) is 0 Å². The van der Waals surface area contributed by atoms with Crippen molar-refractivity contribution in [2.45, 2.75) is 32.6 Å². The third kappa shape index (κ3) is 0.741. The molecular formula is C10H16. The quantitative estimate of drug-likeness (QED) is 0.559. The third-order valence-electron chi connectivity index (χ3n) is 3.80. The molecular weight excluding hydrogens is 120 g/mol. The van der Waals surface area contributed by atoms with Crippen LogP contribution in [-0.2, 0) is 0 Å². The highest BCUT2D eigenvalue weighted by Crippen LogP contribution is 2.71. The fourth-order valence-electron chi connectivity index (χ4n) is 2.71. The molecule has 56 valence electrons. The van der Waals surface area contributed by atoms with Gasteiger partial charge in [0.2, 0.25) is 0 Å². The van der Waals surface area contributed by atoms with E-state index in [1.165, 1.54) is 17.8 Å². The Kier molecular flexibility index (Phi) is 0.898. The fourth-order valence-corrected chi connectivity index (χ4v) is 2.71. The van der Waals surface area contributed by atoms with Crippen LogP contribution in [0.3, 0.4) is 0 Å². The van der Waals surface area contributed by atoms with Crippen LogP contribution in [0.1, 0.15) is 32.6 Å². The van der Waals surface area contributed by atoms with Gasteiger partial charge in [-0.3, -0.25) is 0 Å². The van der Waals surface area contributed by atoms with Gasteiger partial charge in [0, 0.05) is 0 Å². The molecule has 0 amide bonds. The Bertz CT molecular complexity index is 149. The van der Waals surface area contributed by atoms with Crippen molar-refractivity contribution in [1.29, 1.82) is 0 Å². The minimum Gasteiger partial charge on any atom is -0.0622 e. The topological polar surface area (TPSA) is 0 Å². The average Bonchev–Trinajstić information content (AvgIpc) is 2.61. The number of fused-ring (bicyclic) bond motifs is 1. The lowest BCUT2D eigenvalue weighted by molar-refractivity contribution is 0.372. The average molecular weight is 136 g/mol. The second-order valence-electron chi connectivity index (χ2n) is 4.80. The van der Waals surface area contributed by atoms with Crippen molar-refractivity contribution in [3.8, 4) is 0 Å². The second-order valence-corrected chi connectivity index (χ2v) is 4.80. The number of rotatable bonds is 3. The lowest BCUT2D eigenvalue weighted by Gasteiger charge is -2.12. The summed E-state index contributed by atoms with van der Waals surface area (Å²) < 4.78 is 0. The third-order valence-corrected chi connectivity index (χ3v) is 3.80. The Morgan fingerprint density at radius 3 is 2.40 bits per heavy atom. The summed E-state index contributed by atoms with van der Waals surface area (Å²) >= 11 is 0. The van der Waals surface area contributed by atoms with Crippen molar-refractivity contribution >= 4 is 0 Å². The van der Waals surface area contributed by atoms with Crippen molar-refractivity contribution in [2.24, 2.45) is 29.6 Å². The number of hydrogen-bond acceptors (Lipinski definition) is 0. The van der Waals surface area contributed by atoms with Gasteiger partial charge < -0.3 is 0 Å². The van der Waals surface area contributed by atoms with Crippen LogP contribution in [0.4, 0.5) is 0 Å². The van der Waals surface area contributed by atoms with Crippen molar-refractivity contribution in [1.82, 2.24) is 0 Å². The van der Waals surface area contributed by atoms with Gasteiger partial charge in [0.1, 0.15) is 0 Å². The van der Waals surface area contributed by atoms with Crippen LogP contribution in [0.5, 0.6) is 0 Å². The molecule has 3 atom stereocenters. The van der Waals surface area contributed by atoms with Gasteiger partial charge in [0.05, 0.1) is 0 Å². The van der Waals surface area contributed by atoms with Gasteiger partial charge in [0.15, 0.2) is 0 Å². The molecule has 3 fully saturated rings. The maximum Gasteiger partial charge on any atom is -0.0326 e. The van der Waals surface area contributed by atoms with E-state index in [4.69, 9.17) is 0 Å². The second kappa shape index (κ2) is 1.60. The van der Waals surface area contributed by atoms with E-state index >= 15 is 0 Å². The molecule has 3 aliphatic rings. The minimum atomic E-state index is 1.09. The molecule has 0 spiro atoms. The van der Waals surface area contributed by atoms with Crippen LogP contribution < -0.4 is 0 Å². The molecule has 0 aromatic carbocycles. The van der Waals surface area contributed by atoms with Crippen LogP contribution in [0, 0.1) is 29.6 Å². The molecule has 0 heteroatoms. The molecule has 0 bridgehead atoms. The van der Waals surface area contributed by atoms with Crippen molar-refractivity contribution < 1.29 is 0 Å². The Hall–Kier alpha value is 0. The lowest BCUT2D eigenvalue weighted by Crippen LogP contribution is -2.04. The van der Waals surface area contributed by atoms with E-state index in [2.05, 4.69) is 6.92 Å². The summed E-state index contributed by atoms with van der Waals surface area (Å²) in [5, 5.41) is 0. The van der Waals surface area contributed by atoms with Gasteiger partial charge in [-0.2, -0.15) is 0 Å². The molecule has 0 aromatic heterocycles. The van der Waals surface area contributed by atoms with Crippen LogP contribution >= 0.6 is 0 Å². The van der Waals surface area contributed by atoms with Gasteiger partial charge in [-0.05, 0) is 42.4 Å². The lowest BCUT2D eigenvalue weighted by atomic mass is 9.93. The van der Waals surface area contributed by atoms with Crippen LogP contribution in [0.25, 0.3) is 0 Å². The molecule has 10 heavy (non-hydrogen) atoms. The highest BCUT2D eigenvalue weighted by molar-refractivity contribution is 5.13. The largest absolute Gasteiger partial charge is 0.0622 e. The molecule has 3 unspecified atom stereocenters. The first-order valence-electron chi connectivity index (χ1n) is 4.86. The van der Waals surface area contributed by atoms with Crippen molar-refractivity contribution in [2.75, 3.05) is 0 Å². The normalized spacial score (nSPS) is 51.9. The summed E-state index contributed by atoms with van der Waals surface area (Å²) in [7, 11) is 0. The minimum absolute atomic E-state index is 1.09. The zero-order valence-corrected chi connectivity index (χ0v) is 6.72. The summed E-state index contributed by atoms with van der Waals surface area (Å²) in [6.45, 7) is 2.48. The molecule has 3 saturated carbocycles. The predicted octanol–water partition coefficient (Wildman–Crippen LogP) is 2.69. The van der Waals surface area contributed by atoms with Crippen LogP contribution in [-0.4, -0.2) is 0 Å². The van der Waals surface area contributed by atoms with Gasteiger partial charge in [-0.25, -0.2) is 0 Å². The molecule has 3 aliphatic carbocycles. The molecule has 0 N–H and O–H groups in total. The van der Waals surface area contributed by atoms with E-state index in [1.54, 1.807) is 25.7 Å². The van der Waals surface area contributed by atoms with Gasteiger partial charge in [-0.1, -0.05) is 19.8 Å². The maximum absolute atomic E-state index is 2.48. The highest BCUT2D eigenvalue weighted by Gasteiger charge is 2.65. The molecule has 0 saturated heterocycles. The van der Waals surface area contributed by atoms with E-state index < -0.39 is 0 Å². The van der Waals surface area contributed by atoms with Crippen molar-refractivity contribution in [3.63, 3.8) is 0 Å². The standard InChI is InChI=1S/C10H16/c1-6(4-7-2-3-7)10-8-5-9(8)10/h6-10H,2-5H2,1H3. The Labute approximate surface area is 63.0 Å². The van der Waals surface area contributed by atoms with E-state index in [0.717, 1.165) is 11.8 Å². The Morgan fingerprint density at radius 1 is 1.30 bits per heavy atom. The van der Waals surface area contributed by atoms with E-state index in [1.807, 2.05) is 0 Å². The first kappa shape index (κ1) is 5.62. The smallest absolute Gasteiger partial charge is 0.0326 e. The zero-order valence-electron chi connectivity index (χ0n) is 6.72. The summed E-state index contributed by atoms with van der Waals surface area (Å²) in [6.07, 6.45) is 6.26. The van der Waals surface area contributed by atoms with E-state index in [9.17, 15) is 0 Å². The molecule has 0 nitrogen and oxygen atoms in total. The summed E-state index contributed by atoms with van der Waals surface area (Å²) in [5.41, 5.74) is 0. The van der Waals surface area contributed by atoms with Crippen molar-refractivity contribution in [3.05, 3.63) is 0 Å². The summed E-state index contributed by atoms with van der Waals surface area (Å²) in [5.74, 6) is 5.93. The SMILES string of the molecule is CC(CC1CC1)C1C2CC21. The fraction of sp³-hybridized carbons (Fsp3) is 1.00. The Morgan fingerprint density at radius 2 is 2.00 bits per heavy atom. The molecule has 0 heterocycles. The molecule has 0 aliphatic heterocycles. The van der Waals surface area contributed by atoms with Gasteiger partial charge in [0.25, 0.3) is 0 Å². The van der Waals surface area contributed by atoms with E-state index in [0.29, 0.717) is 0 Å². The Balaban J connectivity index is 1.51. The molecule has 0 radical (unpaired) electrons.